The molecule has 0 radical (unpaired) electrons. The highest BCUT2D eigenvalue weighted by Gasteiger charge is 2.25. The number of alkyl halides is 2. The highest BCUT2D eigenvalue weighted by atomic mass is 32.2. The fraction of sp³-hybridized carbons (Fsp3) is 0.381. The molecular weight excluding hydrogens is 446 g/mol. The smallest absolute Gasteiger partial charge is 0.387 e. The number of esters is 1. The lowest BCUT2D eigenvalue weighted by molar-refractivity contribution is -0.0498. The van der Waals surface area contributed by atoms with Crippen LogP contribution >= 0.6 is 0 Å². The maximum absolute atomic E-state index is 12.9. The second-order valence-corrected chi connectivity index (χ2v) is 9.32. The summed E-state index contributed by atoms with van der Waals surface area (Å²) >= 11 is 0. The van der Waals surface area contributed by atoms with Crippen LogP contribution in [0.1, 0.15) is 15.9 Å². The van der Waals surface area contributed by atoms with Crippen molar-refractivity contribution >= 4 is 21.7 Å². The third-order valence-corrected chi connectivity index (χ3v) is 6.65. The molecule has 0 amide bonds. The number of ether oxygens (including phenoxy) is 3. The standard InChI is InChI=1S/C21H24F2N2O6S/c1-24(2)32(27,28)17-7-8-19(25-9-11-29-12-10-25)18(13-17)20(26)30-14-15-3-5-16(6-4-15)31-21(22)23/h3-8,13,21H,9-12,14H2,1-2H3. The number of hydrogen-bond acceptors (Lipinski definition) is 7. The van der Waals surface area contributed by atoms with Crippen LogP contribution in [-0.2, 0) is 26.1 Å². The normalized spacial score (nSPS) is 14.6. The Bertz CT molecular complexity index is 1040. The Hall–Kier alpha value is -2.76. The van der Waals surface area contributed by atoms with Gasteiger partial charge in [0.15, 0.2) is 0 Å². The first-order chi connectivity index (χ1) is 15.2. The summed E-state index contributed by atoms with van der Waals surface area (Å²) in [6.07, 6.45) is 0. The minimum atomic E-state index is -3.76. The van der Waals surface area contributed by atoms with Gasteiger partial charge in [-0.05, 0) is 35.9 Å². The van der Waals surface area contributed by atoms with Gasteiger partial charge in [0.2, 0.25) is 10.0 Å². The molecule has 0 N–H and O–H groups in total. The van der Waals surface area contributed by atoms with Crippen molar-refractivity contribution in [2.75, 3.05) is 45.3 Å². The average molecular weight is 470 g/mol. The summed E-state index contributed by atoms with van der Waals surface area (Å²) in [6.45, 7) is -0.986. The average Bonchev–Trinajstić information content (AvgIpc) is 2.78. The first kappa shape index (κ1) is 23.9. The molecule has 1 fully saturated rings. The maximum atomic E-state index is 12.9. The second-order valence-electron chi connectivity index (χ2n) is 7.16. The SMILES string of the molecule is CN(C)S(=O)(=O)c1ccc(N2CCOCC2)c(C(=O)OCc2ccc(OC(F)F)cc2)c1. The molecule has 3 rings (SSSR count). The van der Waals surface area contributed by atoms with Crippen LogP contribution in [-0.4, -0.2) is 65.7 Å². The van der Waals surface area contributed by atoms with E-state index in [4.69, 9.17) is 9.47 Å². The number of carbonyl (C=O) groups is 1. The van der Waals surface area contributed by atoms with Crippen LogP contribution in [0.2, 0.25) is 0 Å². The Balaban J connectivity index is 1.83. The maximum Gasteiger partial charge on any atom is 0.387 e. The summed E-state index contributed by atoms with van der Waals surface area (Å²) in [5, 5.41) is 0. The van der Waals surface area contributed by atoms with E-state index < -0.39 is 22.6 Å². The largest absolute Gasteiger partial charge is 0.457 e. The van der Waals surface area contributed by atoms with Gasteiger partial charge in [0.1, 0.15) is 12.4 Å². The Morgan fingerprint density at radius 1 is 1.12 bits per heavy atom. The first-order valence-corrected chi connectivity index (χ1v) is 11.2. The molecule has 1 aliphatic heterocycles. The summed E-state index contributed by atoms with van der Waals surface area (Å²) in [6, 6.07) is 10.1. The monoisotopic (exact) mass is 470 g/mol. The molecule has 1 heterocycles. The van der Waals surface area contributed by atoms with Gasteiger partial charge in [0.05, 0.1) is 29.4 Å². The molecule has 0 bridgehead atoms. The van der Waals surface area contributed by atoms with Crippen molar-refractivity contribution in [1.82, 2.24) is 4.31 Å². The zero-order valence-electron chi connectivity index (χ0n) is 17.7. The molecule has 8 nitrogen and oxygen atoms in total. The van der Waals surface area contributed by atoms with Crippen molar-refractivity contribution in [2.24, 2.45) is 0 Å². The minimum absolute atomic E-state index is 0.00808. The zero-order valence-corrected chi connectivity index (χ0v) is 18.5. The number of rotatable bonds is 8. The fourth-order valence-corrected chi connectivity index (χ4v) is 4.05. The molecule has 0 atom stereocenters. The van der Waals surface area contributed by atoms with Gasteiger partial charge in [-0.15, -0.1) is 0 Å². The first-order valence-electron chi connectivity index (χ1n) is 9.78. The highest BCUT2D eigenvalue weighted by Crippen LogP contribution is 2.27. The molecule has 0 aromatic heterocycles. The quantitative estimate of drug-likeness (QED) is 0.549. The van der Waals surface area contributed by atoms with E-state index in [0.29, 0.717) is 37.6 Å². The van der Waals surface area contributed by atoms with E-state index in [1.165, 1.54) is 50.5 Å². The van der Waals surface area contributed by atoms with Crippen LogP contribution in [0.5, 0.6) is 5.75 Å². The molecular formula is C21H24F2N2O6S. The van der Waals surface area contributed by atoms with Crippen molar-refractivity contribution in [3.8, 4) is 5.75 Å². The molecule has 2 aromatic rings. The fourth-order valence-electron chi connectivity index (χ4n) is 3.12. The van der Waals surface area contributed by atoms with E-state index in [0.717, 1.165) is 4.31 Å². The van der Waals surface area contributed by atoms with Crippen molar-refractivity contribution in [3.63, 3.8) is 0 Å². The van der Waals surface area contributed by atoms with E-state index in [1.807, 2.05) is 4.90 Å². The number of morpholine rings is 1. The summed E-state index contributed by atoms with van der Waals surface area (Å²) in [7, 11) is -0.940. The van der Waals surface area contributed by atoms with Crippen LogP contribution in [0.15, 0.2) is 47.4 Å². The molecule has 0 unspecified atom stereocenters. The molecule has 1 aliphatic rings. The third kappa shape index (κ3) is 5.72. The lowest BCUT2D eigenvalue weighted by Crippen LogP contribution is -2.37. The Morgan fingerprint density at radius 3 is 2.38 bits per heavy atom. The molecule has 1 saturated heterocycles. The zero-order chi connectivity index (χ0) is 23.3. The van der Waals surface area contributed by atoms with Gasteiger partial charge in [0.25, 0.3) is 0 Å². The van der Waals surface area contributed by atoms with Crippen LogP contribution in [0, 0.1) is 0 Å². The summed E-state index contributed by atoms with van der Waals surface area (Å²) in [5.41, 5.74) is 1.23. The number of anilines is 1. The summed E-state index contributed by atoms with van der Waals surface area (Å²) < 4.78 is 65.8. The van der Waals surface area contributed by atoms with Gasteiger partial charge in [-0.3, -0.25) is 0 Å². The van der Waals surface area contributed by atoms with Crippen molar-refractivity contribution in [1.29, 1.82) is 0 Å². The number of carbonyl (C=O) groups excluding carboxylic acids is 1. The van der Waals surface area contributed by atoms with Gasteiger partial charge in [-0.25, -0.2) is 17.5 Å². The van der Waals surface area contributed by atoms with Crippen LogP contribution in [0.25, 0.3) is 0 Å². The van der Waals surface area contributed by atoms with E-state index in [-0.39, 0.29) is 22.8 Å². The lowest BCUT2D eigenvalue weighted by atomic mass is 10.1. The molecule has 0 spiro atoms. The third-order valence-electron chi connectivity index (χ3n) is 4.84. The van der Waals surface area contributed by atoms with Crippen LogP contribution < -0.4 is 9.64 Å². The summed E-state index contributed by atoms with van der Waals surface area (Å²) in [4.78, 5) is 14.8. The van der Waals surface area contributed by atoms with E-state index in [9.17, 15) is 22.0 Å². The molecule has 0 saturated carbocycles. The number of halogens is 2. The molecule has 2 aromatic carbocycles. The van der Waals surface area contributed by atoms with Crippen molar-refractivity contribution in [2.45, 2.75) is 18.1 Å². The van der Waals surface area contributed by atoms with Gasteiger partial charge in [-0.1, -0.05) is 12.1 Å². The Kier molecular flexibility index (Phi) is 7.64. The molecule has 0 aliphatic carbocycles. The van der Waals surface area contributed by atoms with Gasteiger partial charge >= 0.3 is 12.6 Å². The van der Waals surface area contributed by atoms with Crippen LogP contribution in [0.4, 0.5) is 14.5 Å². The van der Waals surface area contributed by atoms with Gasteiger partial charge in [0, 0.05) is 27.2 Å². The minimum Gasteiger partial charge on any atom is -0.457 e. The van der Waals surface area contributed by atoms with Gasteiger partial charge < -0.3 is 19.1 Å². The molecule has 11 heteroatoms. The van der Waals surface area contributed by atoms with Gasteiger partial charge in [-0.2, -0.15) is 8.78 Å². The van der Waals surface area contributed by atoms with Crippen molar-refractivity contribution < 1.29 is 36.2 Å². The number of benzene rings is 2. The lowest BCUT2D eigenvalue weighted by Gasteiger charge is -2.30. The predicted octanol–water partition coefficient (Wildman–Crippen LogP) is 2.73. The topological polar surface area (TPSA) is 85.4 Å². The number of hydrogen-bond donors (Lipinski definition) is 0. The predicted molar refractivity (Wildman–Crippen MR) is 113 cm³/mol. The summed E-state index contributed by atoms with van der Waals surface area (Å²) in [5.74, 6) is -0.707. The molecule has 32 heavy (non-hydrogen) atoms. The van der Waals surface area contributed by atoms with E-state index in [1.54, 1.807) is 6.07 Å². The van der Waals surface area contributed by atoms with E-state index in [2.05, 4.69) is 4.74 Å². The molecule has 174 valence electrons. The Morgan fingerprint density at radius 2 is 1.78 bits per heavy atom. The van der Waals surface area contributed by atoms with Crippen molar-refractivity contribution in [3.05, 3.63) is 53.6 Å². The second kappa shape index (κ2) is 10.2. The number of sulfonamides is 1. The highest BCUT2D eigenvalue weighted by molar-refractivity contribution is 7.89. The van der Waals surface area contributed by atoms with E-state index >= 15 is 0 Å². The number of nitrogens with zero attached hydrogens (tertiary/aromatic N) is 2. The van der Waals surface area contributed by atoms with Crippen LogP contribution in [0.3, 0.4) is 0 Å². The Labute approximate surface area is 185 Å².